The normalized spacial score (nSPS) is 12.3. The summed E-state index contributed by atoms with van der Waals surface area (Å²) in [5.74, 6) is 0.667. The van der Waals surface area contributed by atoms with E-state index in [-0.39, 0.29) is 20.6 Å². The van der Waals surface area contributed by atoms with Gasteiger partial charge in [-0.15, -0.1) is 0 Å². The fourth-order valence-electron chi connectivity index (χ4n) is 3.32. The van der Waals surface area contributed by atoms with Crippen molar-refractivity contribution in [1.29, 1.82) is 0 Å². The fourth-order valence-corrected chi connectivity index (χ4v) is 6.73. The van der Waals surface area contributed by atoms with E-state index < -0.39 is 23.9 Å². The lowest BCUT2D eigenvalue weighted by molar-refractivity contribution is 0.373. The summed E-state index contributed by atoms with van der Waals surface area (Å²) in [5, 5.41) is 5.57. The Kier molecular flexibility index (Phi) is 6.30. The first kappa shape index (κ1) is 23.8. The summed E-state index contributed by atoms with van der Waals surface area (Å²) >= 11 is 11.9. The maximum atomic E-state index is 13.3. The van der Waals surface area contributed by atoms with Crippen LogP contribution < -0.4 is 4.31 Å². The number of hydrogen-bond donors (Lipinski definition) is 2. The van der Waals surface area contributed by atoms with Crippen LogP contribution in [0.1, 0.15) is 5.76 Å². The summed E-state index contributed by atoms with van der Waals surface area (Å²) in [4.78, 5) is 18.9. The van der Waals surface area contributed by atoms with Gasteiger partial charge in [-0.1, -0.05) is 46.6 Å². The lowest BCUT2D eigenvalue weighted by Gasteiger charge is -2.25. The standard InChI is InChI=1S/C21H17Cl2N2O6PS/c1-13-6-21(24-31-13)16-3-2-15-8-19(5-4-14(15)7-16)25(12-32(26,27)28)33(29,30)20-10-17(22)9-18(23)11-20/h2-11H,12H2,1H3,(H2,26,27,28). The molecule has 4 aromatic rings. The lowest BCUT2D eigenvalue weighted by atomic mass is 10.0. The molecular formula is C21H17Cl2N2O6PS. The third-order valence-electron chi connectivity index (χ3n) is 4.77. The van der Waals surface area contributed by atoms with Gasteiger partial charge in [0.05, 0.1) is 10.6 Å². The molecule has 12 heteroatoms. The number of rotatable bonds is 6. The molecule has 0 fully saturated rings. The molecule has 3 aromatic carbocycles. The van der Waals surface area contributed by atoms with E-state index in [1.54, 1.807) is 31.2 Å². The molecule has 0 atom stereocenters. The Labute approximate surface area is 199 Å². The van der Waals surface area contributed by atoms with Gasteiger partial charge < -0.3 is 14.3 Å². The Morgan fingerprint density at radius 1 is 0.970 bits per heavy atom. The van der Waals surface area contributed by atoms with Crippen molar-refractivity contribution >= 4 is 57.3 Å². The van der Waals surface area contributed by atoms with Gasteiger partial charge in [0, 0.05) is 21.7 Å². The summed E-state index contributed by atoms with van der Waals surface area (Å²) in [6.45, 7) is 1.78. The zero-order chi connectivity index (χ0) is 24.0. The van der Waals surface area contributed by atoms with Crippen LogP contribution >= 0.6 is 30.8 Å². The van der Waals surface area contributed by atoms with Gasteiger partial charge in [-0.05, 0) is 54.1 Å². The molecule has 0 radical (unpaired) electrons. The number of hydrogen-bond acceptors (Lipinski definition) is 5. The molecular weight excluding hydrogens is 510 g/mol. The first-order chi connectivity index (χ1) is 15.4. The summed E-state index contributed by atoms with van der Waals surface area (Å²) in [7, 11) is -9.17. The molecule has 0 aliphatic heterocycles. The summed E-state index contributed by atoms with van der Waals surface area (Å²) < 4.78 is 44.3. The van der Waals surface area contributed by atoms with Gasteiger partial charge in [0.2, 0.25) is 0 Å². The van der Waals surface area contributed by atoms with E-state index >= 15 is 0 Å². The van der Waals surface area contributed by atoms with Gasteiger partial charge in [0.15, 0.2) is 0 Å². The molecule has 1 aromatic heterocycles. The highest BCUT2D eigenvalue weighted by molar-refractivity contribution is 7.93. The average molecular weight is 527 g/mol. The van der Waals surface area contributed by atoms with Crippen LogP contribution in [0.3, 0.4) is 0 Å². The number of aryl methyl sites for hydroxylation is 1. The molecule has 0 bridgehead atoms. The number of anilines is 1. The third-order valence-corrected chi connectivity index (χ3v) is 7.80. The van der Waals surface area contributed by atoms with Crippen LogP contribution in [0.25, 0.3) is 22.0 Å². The van der Waals surface area contributed by atoms with Gasteiger partial charge >= 0.3 is 7.60 Å². The highest BCUT2D eigenvalue weighted by atomic mass is 35.5. The largest absolute Gasteiger partial charge is 0.361 e. The van der Waals surface area contributed by atoms with Gasteiger partial charge in [-0.3, -0.25) is 8.87 Å². The number of sulfonamides is 1. The Bertz CT molecular complexity index is 1500. The predicted octanol–water partition coefficient (Wildman–Crippen LogP) is 5.44. The van der Waals surface area contributed by atoms with Crippen molar-refractivity contribution in [3.05, 3.63) is 76.5 Å². The molecule has 172 valence electrons. The van der Waals surface area contributed by atoms with Crippen LogP contribution in [-0.4, -0.2) is 29.6 Å². The Hall–Kier alpha value is -2.39. The summed E-state index contributed by atoms with van der Waals surface area (Å²) in [6, 6.07) is 15.6. The number of nitrogens with zero attached hydrogens (tertiary/aromatic N) is 2. The van der Waals surface area contributed by atoms with Crippen molar-refractivity contribution in [3.8, 4) is 11.3 Å². The maximum Gasteiger partial charge on any atom is 0.345 e. The second kappa shape index (κ2) is 8.76. The van der Waals surface area contributed by atoms with Crippen LogP contribution in [0.4, 0.5) is 5.69 Å². The Balaban J connectivity index is 1.81. The highest BCUT2D eigenvalue weighted by Gasteiger charge is 2.31. The van der Waals surface area contributed by atoms with Crippen molar-refractivity contribution in [2.45, 2.75) is 11.8 Å². The molecule has 2 N–H and O–H groups in total. The van der Waals surface area contributed by atoms with Crippen molar-refractivity contribution in [3.63, 3.8) is 0 Å². The summed E-state index contributed by atoms with van der Waals surface area (Å²) in [6.07, 6.45) is -1.05. The minimum Gasteiger partial charge on any atom is -0.361 e. The van der Waals surface area contributed by atoms with E-state index in [9.17, 15) is 22.8 Å². The first-order valence-corrected chi connectivity index (χ1v) is 13.4. The van der Waals surface area contributed by atoms with E-state index in [2.05, 4.69) is 5.16 Å². The van der Waals surface area contributed by atoms with Crippen LogP contribution in [0.2, 0.25) is 10.0 Å². The van der Waals surface area contributed by atoms with E-state index in [1.165, 1.54) is 30.3 Å². The number of aromatic nitrogens is 1. The molecule has 0 amide bonds. The van der Waals surface area contributed by atoms with Crippen LogP contribution in [0, 0.1) is 6.92 Å². The number of benzene rings is 3. The minimum atomic E-state index is -4.77. The zero-order valence-corrected chi connectivity index (χ0v) is 20.2. The van der Waals surface area contributed by atoms with Gasteiger partial charge in [0.25, 0.3) is 10.0 Å². The topological polar surface area (TPSA) is 121 Å². The average Bonchev–Trinajstić information content (AvgIpc) is 3.16. The highest BCUT2D eigenvalue weighted by Crippen LogP contribution is 2.40. The molecule has 4 rings (SSSR count). The van der Waals surface area contributed by atoms with E-state index in [0.29, 0.717) is 21.1 Å². The molecule has 0 aliphatic carbocycles. The minimum absolute atomic E-state index is 0.0753. The zero-order valence-electron chi connectivity index (χ0n) is 17.0. The Morgan fingerprint density at radius 2 is 1.61 bits per heavy atom. The van der Waals surface area contributed by atoms with Gasteiger partial charge in [-0.25, -0.2) is 8.42 Å². The van der Waals surface area contributed by atoms with Crippen molar-refractivity contribution in [2.75, 3.05) is 10.6 Å². The van der Waals surface area contributed by atoms with Crippen LogP contribution in [-0.2, 0) is 14.6 Å². The van der Waals surface area contributed by atoms with E-state index in [0.717, 1.165) is 10.9 Å². The number of fused-ring (bicyclic) bond motifs is 1. The van der Waals surface area contributed by atoms with Crippen LogP contribution in [0.15, 0.2) is 70.1 Å². The van der Waals surface area contributed by atoms with Crippen molar-refractivity contribution in [2.24, 2.45) is 0 Å². The molecule has 1 heterocycles. The summed E-state index contributed by atoms with van der Waals surface area (Å²) in [5.41, 5.74) is 1.54. The monoisotopic (exact) mass is 526 g/mol. The molecule has 8 nitrogen and oxygen atoms in total. The second-order valence-electron chi connectivity index (χ2n) is 7.33. The third kappa shape index (κ3) is 5.24. The maximum absolute atomic E-state index is 13.3. The molecule has 0 saturated carbocycles. The second-order valence-corrected chi connectivity index (χ2v) is 11.7. The van der Waals surface area contributed by atoms with Crippen molar-refractivity contribution < 1.29 is 27.3 Å². The fraction of sp³-hybridized carbons (Fsp3) is 0.0952. The SMILES string of the molecule is Cc1cc(-c2ccc3cc(N(CP(=O)(O)O)S(=O)(=O)c4cc(Cl)cc(Cl)c4)ccc3c2)no1. The molecule has 0 unspecified atom stereocenters. The molecule has 0 saturated heterocycles. The van der Waals surface area contributed by atoms with Gasteiger partial charge in [-0.2, -0.15) is 0 Å². The van der Waals surface area contributed by atoms with Gasteiger partial charge in [0.1, 0.15) is 17.7 Å². The van der Waals surface area contributed by atoms with E-state index in [4.69, 9.17) is 27.7 Å². The lowest BCUT2D eigenvalue weighted by Crippen LogP contribution is -2.32. The molecule has 0 spiro atoms. The number of halogens is 2. The quantitative estimate of drug-likeness (QED) is 0.320. The smallest absolute Gasteiger partial charge is 0.345 e. The first-order valence-electron chi connectivity index (χ1n) is 9.43. The Morgan fingerprint density at radius 3 is 2.21 bits per heavy atom. The molecule has 33 heavy (non-hydrogen) atoms. The van der Waals surface area contributed by atoms with Crippen LogP contribution in [0.5, 0.6) is 0 Å². The molecule has 0 aliphatic rings. The van der Waals surface area contributed by atoms with Crippen molar-refractivity contribution in [1.82, 2.24) is 5.16 Å². The predicted molar refractivity (Wildman–Crippen MR) is 127 cm³/mol. The van der Waals surface area contributed by atoms with E-state index in [1.807, 2.05) is 6.07 Å².